The summed E-state index contributed by atoms with van der Waals surface area (Å²) in [5, 5.41) is 2.33. The molecule has 3 rings (SSSR count). The Morgan fingerprint density at radius 2 is 1.74 bits per heavy atom. The lowest BCUT2D eigenvalue weighted by Gasteiger charge is -2.40. The minimum absolute atomic E-state index is 0.211. The summed E-state index contributed by atoms with van der Waals surface area (Å²) in [7, 11) is 0. The van der Waals surface area contributed by atoms with Crippen molar-refractivity contribution in [3.63, 3.8) is 0 Å². The number of hydrogen-bond donors (Lipinski definition) is 0. The molecule has 1 aromatic heterocycles. The van der Waals surface area contributed by atoms with Gasteiger partial charge < -0.3 is 4.74 Å². The summed E-state index contributed by atoms with van der Waals surface area (Å²) in [6.07, 6.45) is 4.68. The highest BCUT2D eigenvalue weighted by Gasteiger charge is 2.40. The fourth-order valence-corrected chi connectivity index (χ4v) is 5.40. The summed E-state index contributed by atoms with van der Waals surface area (Å²) in [6, 6.07) is 7.66. The normalized spacial score (nSPS) is 18.1. The van der Waals surface area contributed by atoms with Crippen LogP contribution >= 0.6 is 11.3 Å². The van der Waals surface area contributed by atoms with E-state index in [2.05, 4.69) is 46.1 Å². The molecule has 0 unspecified atom stereocenters. The van der Waals surface area contributed by atoms with E-state index in [1.807, 2.05) is 42.5 Å². The molecule has 0 saturated heterocycles. The van der Waals surface area contributed by atoms with Gasteiger partial charge in [0.15, 0.2) is 0 Å². The number of rotatable bonds is 4. The van der Waals surface area contributed by atoms with Crippen LogP contribution in [0, 0.1) is 0 Å². The summed E-state index contributed by atoms with van der Waals surface area (Å²) < 4.78 is 5.06. The topological polar surface area (TPSA) is 26.3 Å². The molecule has 0 N–H and O–H groups in total. The van der Waals surface area contributed by atoms with Gasteiger partial charge in [0.05, 0.1) is 12.2 Å². The van der Waals surface area contributed by atoms with E-state index in [1.165, 1.54) is 29.5 Å². The van der Waals surface area contributed by atoms with Crippen LogP contribution in [0.3, 0.4) is 0 Å². The first-order valence-corrected chi connectivity index (χ1v) is 10.6. The molecule has 2 nitrogen and oxygen atoms in total. The Labute approximate surface area is 167 Å². The van der Waals surface area contributed by atoms with Gasteiger partial charge in [0, 0.05) is 4.88 Å². The minimum atomic E-state index is -0.263. The highest BCUT2D eigenvalue weighted by molar-refractivity contribution is 7.10. The minimum Gasteiger partial charge on any atom is -0.462 e. The van der Waals surface area contributed by atoms with Gasteiger partial charge in [-0.25, -0.2) is 4.79 Å². The number of fused-ring (bicyclic) bond motifs is 1. The van der Waals surface area contributed by atoms with E-state index in [1.54, 1.807) is 4.88 Å². The summed E-state index contributed by atoms with van der Waals surface area (Å²) in [5.74, 6) is -0.263. The van der Waals surface area contributed by atoms with Gasteiger partial charge in [-0.3, -0.25) is 0 Å². The number of carbonyl (C=O) groups excluding carboxylic acids is 1. The number of ether oxygens (including phenoxy) is 1. The molecule has 0 spiro atoms. The van der Waals surface area contributed by atoms with Crippen LogP contribution in [0.1, 0.15) is 86.3 Å². The zero-order valence-corrected chi connectivity index (χ0v) is 18.1. The number of allylic oxidation sites excluding steroid dienone is 1. The Balaban J connectivity index is 1.94. The van der Waals surface area contributed by atoms with Crippen LogP contribution in [0.25, 0.3) is 11.6 Å². The second-order valence-corrected chi connectivity index (χ2v) is 9.67. The number of hydrogen-bond acceptors (Lipinski definition) is 3. The molecule has 0 bridgehead atoms. The molecular formula is C24H30O2S. The molecule has 0 radical (unpaired) electrons. The molecule has 2 aromatic rings. The second kappa shape index (κ2) is 7.27. The first kappa shape index (κ1) is 19.9. The van der Waals surface area contributed by atoms with E-state index in [-0.39, 0.29) is 16.8 Å². The molecule has 0 atom stereocenters. The summed E-state index contributed by atoms with van der Waals surface area (Å²) in [5.41, 5.74) is 6.36. The monoisotopic (exact) mass is 382 g/mol. The van der Waals surface area contributed by atoms with Gasteiger partial charge in [-0.1, -0.05) is 45.9 Å². The van der Waals surface area contributed by atoms with Crippen molar-refractivity contribution in [2.45, 2.75) is 65.2 Å². The molecule has 144 valence electrons. The van der Waals surface area contributed by atoms with Crippen LogP contribution in [0.4, 0.5) is 0 Å². The van der Waals surface area contributed by atoms with Crippen LogP contribution in [-0.2, 0) is 15.6 Å². The molecule has 3 heteroatoms. The van der Waals surface area contributed by atoms with Crippen molar-refractivity contribution in [3.8, 4) is 0 Å². The molecule has 0 fully saturated rings. The van der Waals surface area contributed by atoms with E-state index < -0.39 is 0 Å². The molecular weight excluding hydrogens is 352 g/mol. The van der Waals surface area contributed by atoms with Crippen LogP contribution in [0.15, 0.2) is 29.6 Å². The quantitative estimate of drug-likeness (QED) is 0.541. The Morgan fingerprint density at radius 1 is 1.11 bits per heavy atom. The van der Waals surface area contributed by atoms with Crippen molar-refractivity contribution >= 4 is 29.0 Å². The maximum absolute atomic E-state index is 11.8. The van der Waals surface area contributed by atoms with E-state index in [0.29, 0.717) is 12.2 Å². The summed E-state index contributed by atoms with van der Waals surface area (Å²) in [6.45, 7) is 13.9. The van der Waals surface area contributed by atoms with E-state index >= 15 is 0 Å². The average Bonchev–Trinajstić information content (AvgIpc) is 3.08. The van der Waals surface area contributed by atoms with Crippen LogP contribution in [0.5, 0.6) is 0 Å². The van der Waals surface area contributed by atoms with E-state index in [9.17, 15) is 4.79 Å². The highest BCUT2D eigenvalue weighted by atomic mass is 32.1. The third-order valence-electron chi connectivity index (χ3n) is 5.69. The summed E-state index contributed by atoms with van der Waals surface area (Å²) in [4.78, 5) is 13.4. The van der Waals surface area contributed by atoms with Crippen LogP contribution < -0.4 is 0 Å². The van der Waals surface area contributed by atoms with Crippen molar-refractivity contribution in [1.82, 2.24) is 0 Å². The molecule has 1 aromatic carbocycles. The SMILES string of the molecule is CCOC(=O)c1ccc(C=C(C)c2csc3c2C(C)(C)CCC3(C)C)cc1. The predicted octanol–water partition coefficient (Wildman–Crippen LogP) is 6.83. The van der Waals surface area contributed by atoms with Gasteiger partial charge >= 0.3 is 5.97 Å². The van der Waals surface area contributed by atoms with Crippen molar-refractivity contribution in [2.24, 2.45) is 0 Å². The first-order valence-electron chi connectivity index (χ1n) is 9.74. The number of benzene rings is 1. The lowest BCUT2D eigenvalue weighted by atomic mass is 9.65. The third-order valence-corrected chi connectivity index (χ3v) is 7.03. The Bertz CT molecular complexity index is 866. The third kappa shape index (κ3) is 3.89. The number of esters is 1. The van der Waals surface area contributed by atoms with Crippen molar-refractivity contribution in [3.05, 3.63) is 56.8 Å². The lowest BCUT2D eigenvalue weighted by molar-refractivity contribution is 0.0526. The van der Waals surface area contributed by atoms with Gasteiger partial charge in [0.25, 0.3) is 0 Å². The largest absolute Gasteiger partial charge is 0.462 e. The predicted molar refractivity (Wildman–Crippen MR) is 116 cm³/mol. The van der Waals surface area contributed by atoms with Crippen molar-refractivity contribution in [1.29, 1.82) is 0 Å². The first-order chi connectivity index (χ1) is 12.7. The Kier molecular flexibility index (Phi) is 5.36. The number of thiophene rings is 1. The fourth-order valence-electron chi connectivity index (χ4n) is 3.94. The van der Waals surface area contributed by atoms with Crippen LogP contribution in [0.2, 0.25) is 0 Å². The molecule has 0 saturated carbocycles. The highest BCUT2D eigenvalue weighted by Crippen LogP contribution is 2.51. The lowest BCUT2D eigenvalue weighted by Crippen LogP contribution is -2.32. The van der Waals surface area contributed by atoms with E-state index in [4.69, 9.17) is 4.74 Å². The summed E-state index contributed by atoms with van der Waals surface area (Å²) >= 11 is 1.91. The zero-order valence-electron chi connectivity index (χ0n) is 17.3. The second-order valence-electron chi connectivity index (χ2n) is 8.79. The van der Waals surface area contributed by atoms with Gasteiger partial charge in [0.1, 0.15) is 0 Å². The Hall–Kier alpha value is -1.87. The standard InChI is InChI=1S/C24H30O2S/c1-7-26-22(25)18-10-8-17(9-11-18)14-16(2)19-15-27-21-20(19)23(3,4)12-13-24(21,5)6/h8-11,14-15H,7,12-13H2,1-6H3. The van der Waals surface area contributed by atoms with E-state index in [0.717, 1.165) is 5.56 Å². The fraction of sp³-hybridized carbons (Fsp3) is 0.458. The molecule has 1 heterocycles. The average molecular weight is 383 g/mol. The van der Waals surface area contributed by atoms with Gasteiger partial charge in [-0.05, 0) is 77.3 Å². The smallest absolute Gasteiger partial charge is 0.338 e. The van der Waals surface area contributed by atoms with Crippen LogP contribution in [-0.4, -0.2) is 12.6 Å². The number of carbonyl (C=O) groups is 1. The molecule has 27 heavy (non-hydrogen) atoms. The van der Waals surface area contributed by atoms with Crippen molar-refractivity contribution < 1.29 is 9.53 Å². The molecule has 1 aliphatic carbocycles. The maximum Gasteiger partial charge on any atom is 0.338 e. The van der Waals surface area contributed by atoms with Crippen molar-refractivity contribution in [2.75, 3.05) is 6.61 Å². The maximum atomic E-state index is 11.8. The Morgan fingerprint density at radius 3 is 2.37 bits per heavy atom. The van der Waals surface area contributed by atoms with Gasteiger partial charge in [0.2, 0.25) is 0 Å². The van der Waals surface area contributed by atoms with Gasteiger partial charge in [-0.2, -0.15) is 0 Å². The molecule has 1 aliphatic rings. The zero-order chi connectivity index (χ0) is 19.8. The van der Waals surface area contributed by atoms with Gasteiger partial charge in [-0.15, -0.1) is 11.3 Å². The molecule has 0 amide bonds. The molecule has 0 aliphatic heterocycles.